The third-order valence-electron chi connectivity index (χ3n) is 1.70. The van der Waals surface area contributed by atoms with Crippen molar-refractivity contribution in [1.82, 2.24) is 19.9 Å². The number of nitrogens with zero attached hydrogens (tertiary/aromatic N) is 3. The Labute approximate surface area is 89.2 Å². The van der Waals surface area contributed by atoms with E-state index in [2.05, 4.69) is 19.9 Å². The SMILES string of the molecule is Nc1nc(-c2ccncc2Cl)[nH]c(=O)n1. The molecule has 6 nitrogen and oxygen atoms in total. The van der Waals surface area contributed by atoms with E-state index in [9.17, 15) is 4.79 Å². The van der Waals surface area contributed by atoms with Gasteiger partial charge in [-0.1, -0.05) is 11.6 Å². The molecule has 2 heterocycles. The molecule has 7 heteroatoms. The third kappa shape index (κ3) is 1.94. The smallest absolute Gasteiger partial charge is 0.349 e. The maximum absolute atomic E-state index is 11.1. The van der Waals surface area contributed by atoms with E-state index in [1.807, 2.05) is 0 Å². The van der Waals surface area contributed by atoms with Crippen molar-refractivity contribution < 1.29 is 0 Å². The van der Waals surface area contributed by atoms with Crippen molar-refractivity contribution in [2.75, 3.05) is 5.73 Å². The van der Waals surface area contributed by atoms with Gasteiger partial charge in [-0.25, -0.2) is 4.79 Å². The van der Waals surface area contributed by atoms with Gasteiger partial charge in [-0.15, -0.1) is 0 Å². The fraction of sp³-hybridized carbons (Fsp3) is 0. The Morgan fingerprint density at radius 1 is 1.40 bits per heavy atom. The number of nitrogens with two attached hydrogens (primary N) is 1. The van der Waals surface area contributed by atoms with Gasteiger partial charge in [-0.2, -0.15) is 9.97 Å². The maximum atomic E-state index is 11.1. The molecule has 0 unspecified atom stereocenters. The van der Waals surface area contributed by atoms with Crippen molar-refractivity contribution in [3.8, 4) is 11.4 Å². The summed E-state index contributed by atoms with van der Waals surface area (Å²) in [4.78, 5) is 24.6. The molecule has 0 aliphatic carbocycles. The molecular weight excluding hydrogens is 218 g/mol. The quantitative estimate of drug-likeness (QED) is 0.732. The van der Waals surface area contributed by atoms with Crippen LogP contribution in [0.3, 0.4) is 0 Å². The Bertz CT molecular complexity index is 553. The number of halogens is 1. The molecule has 0 atom stereocenters. The van der Waals surface area contributed by atoms with Crippen LogP contribution in [0.15, 0.2) is 23.3 Å². The van der Waals surface area contributed by atoms with E-state index in [-0.39, 0.29) is 11.8 Å². The van der Waals surface area contributed by atoms with E-state index >= 15 is 0 Å². The number of rotatable bonds is 1. The van der Waals surface area contributed by atoms with Gasteiger partial charge in [0.15, 0.2) is 0 Å². The molecule has 0 spiro atoms. The molecule has 3 N–H and O–H groups in total. The van der Waals surface area contributed by atoms with Crippen molar-refractivity contribution in [1.29, 1.82) is 0 Å². The predicted molar refractivity (Wildman–Crippen MR) is 55.3 cm³/mol. The molecule has 0 aromatic carbocycles. The molecule has 2 aromatic rings. The number of aromatic amines is 1. The average molecular weight is 224 g/mol. The highest BCUT2D eigenvalue weighted by atomic mass is 35.5. The Morgan fingerprint density at radius 3 is 2.87 bits per heavy atom. The van der Waals surface area contributed by atoms with Crippen LogP contribution in [0, 0.1) is 0 Å². The molecule has 0 bridgehead atoms. The highest BCUT2D eigenvalue weighted by Gasteiger charge is 2.06. The number of nitrogens with one attached hydrogen (secondary N) is 1. The number of anilines is 1. The van der Waals surface area contributed by atoms with Gasteiger partial charge >= 0.3 is 5.69 Å². The Hall–Kier alpha value is -1.95. The van der Waals surface area contributed by atoms with Gasteiger partial charge in [0.05, 0.1) is 5.02 Å². The molecule has 0 saturated carbocycles. The van der Waals surface area contributed by atoms with Gasteiger partial charge in [-0.05, 0) is 6.07 Å². The number of H-pyrrole nitrogens is 1. The summed E-state index contributed by atoms with van der Waals surface area (Å²) in [7, 11) is 0. The molecule has 0 radical (unpaired) electrons. The Morgan fingerprint density at radius 2 is 2.20 bits per heavy atom. The van der Waals surface area contributed by atoms with Crippen LogP contribution < -0.4 is 11.4 Å². The number of nitrogen functional groups attached to an aromatic ring is 1. The average Bonchev–Trinajstić information content (AvgIpc) is 2.16. The first kappa shape index (κ1) is 9.60. The van der Waals surface area contributed by atoms with E-state index < -0.39 is 5.69 Å². The Kier molecular flexibility index (Phi) is 2.34. The lowest BCUT2D eigenvalue weighted by Gasteiger charge is -2.01. The van der Waals surface area contributed by atoms with E-state index in [4.69, 9.17) is 17.3 Å². The van der Waals surface area contributed by atoms with E-state index in [0.717, 1.165) is 0 Å². The molecule has 0 aliphatic heterocycles. The first-order valence-corrected chi connectivity index (χ1v) is 4.38. The maximum Gasteiger partial charge on any atom is 0.349 e. The van der Waals surface area contributed by atoms with Crippen LogP contribution >= 0.6 is 11.6 Å². The molecule has 0 aliphatic rings. The summed E-state index contributed by atoms with van der Waals surface area (Å²) in [5.74, 6) is 0.182. The van der Waals surface area contributed by atoms with Crippen molar-refractivity contribution >= 4 is 17.5 Å². The van der Waals surface area contributed by atoms with Gasteiger partial charge in [0.25, 0.3) is 0 Å². The van der Waals surface area contributed by atoms with Crippen LogP contribution in [-0.4, -0.2) is 19.9 Å². The van der Waals surface area contributed by atoms with Gasteiger partial charge < -0.3 is 5.73 Å². The lowest BCUT2D eigenvalue weighted by molar-refractivity contribution is 1.01. The molecule has 15 heavy (non-hydrogen) atoms. The minimum absolute atomic E-state index is 0.0957. The summed E-state index contributed by atoms with van der Waals surface area (Å²) in [5, 5.41) is 0.381. The molecular formula is C8H6ClN5O. The molecule has 76 valence electrons. The summed E-state index contributed by atoms with van der Waals surface area (Å²) in [6, 6.07) is 1.63. The zero-order valence-electron chi connectivity index (χ0n) is 7.44. The van der Waals surface area contributed by atoms with Crippen molar-refractivity contribution in [2.24, 2.45) is 0 Å². The summed E-state index contributed by atoms with van der Waals surface area (Å²) >= 11 is 5.88. The lowest BCUT2D eigenvalue weighted by atomic mass is 10.2. The van der Waals surface area contributed by atoms with Gasteiger partial charge in [0, 0.05) is 18.0 Å². The fourth-order valence-electron chi connectivity index (χ4n) is 1.10. The normalized spacial score (nSPS) is 10.2. The summed E-state index contributed by atoms with van der Waals surface area (Å²) in [6.07, 6.45) is 2.99. The van der Waals surface area contributed by atoms with Crippen LogP contribution in [0.2, 0.25) is 5.02 Å². The van der Waals surface area contributed by atoms with Gasteiger partial charge in [0.1, 0.15) is 5.82 Å². The monoisotopic (exact) mass is 223 g/mol. The standard InChI is InChI=1S/C8H6ClN5O/c9-5-3-11-2-1-4(5)6-12-7(10)14-8(15)13-6/h1-3H,(H3,10,12,13,14,15). The zero-order valence-corrected chi connectivity index (χ0v) is 8.19. The second kappa shape index (κ2) is 3.66. The van der Waals surface area contributed by atoms with Crippen molar-refractivity contribution in [3.63, 3.8) is 0 Å². The highest BCUT2D eigenvalue weighted by Crippen LogP contribution is 2.22. The van der Waals surface area contributed by atoms with E-state index in [0.29, 0.717) is 10.6 Å². The van der Waals surface area contributed by atoms with Crippen LogP contribution in [0.1, 0.15) is 0 Å². The van der Waals surface area contributed by atoms with Gasteiger partial charge in [-0.3, -0.25) is 9.97 Å². The van der Waals surface area contributed by atoms with Crippen molar-refractivity contribution in [3.05, 3.63) is 34.0 Å². The number of hydrogen-bond donors (Lipinski definition) is 2. The summed E-state index contributed by atoms with van der Waals surface area (Å²) < 4.78 is 0. The molecule has 0 saturated heterocycles. The molecule has 0 amide bonds. The minimum Gasteiger partial charge on any atom is -0.368 e. The lowest BCUT2D eigenvalue weighted by Crippen LogP contribution is -2.15. The van der Waals surface area contributed by atoms with Crippen LogP contribution in [0.5, 0.6) is 0 Å². The second-order valence-electron chi connectivity index (χ2n) is 2.72. The summed E-state index contributed by atoms with van der Waals surface area (Å²) in [5.41, 5.74) is 5.34. The first-order chi connectivity index (χ1) is 7.16. The van der Waals surface area contributed by atoms with Crippen LogP contribution in [0.25, 0.3) is 11.4 Å². The summed E-state index contributed by atoms with van der Waals surface area (Å²) in [6.45, 7) is 0. The topological polar surface area (TPSA) is 97.5 Å². The minimum atomic E-state index is -0.564. The first-order valence-electron chi connectivity index (χ1n) is 4.00. The van der Waals surface area contributed by atoms with Crippen molar-refractivity contribution in [2.45, 2.75) is 0 Å². The number of pyridine rings is 1. The highest BCUT2D eigenvalue weighted by molar-refractivity contribution is 6.33. The largest absolute Gasteiger partial charge is 0.368 e. The van der Waals surface area contributed by atoms with E-state index in [1.165, 1.54) is 12.4 Å². The van der Waals surface area contributed by atoms with Crippen LogP contribution in [0.4, 0.5) is 5.95 Å². The fourth-order valence-corrected chi connectivity index (χ4v) is 1.30. The number of aromatic nitrogens is 4. The van der Waals surface area contributed by atoms with E-state index in [1.54, 1.807) is 6.07 Å². The third-order valence-corrected chi connectivity index (χ3v) is 2.00. The predicted octanol–water partition coefficient (Wildman–Crippen LogP) is 0.462. The Balaban J connectivity index is 2.64. The zero-order chi connectivity index (χ0) is 10.8. The van der Waals surface area contributed by atoms with Gasteiger partial charge in [0.2, 0.25) is 5.95 Å². The second-order valence-corrected chi connectivity index (χ2v) is 3.12. The molecule has 2 rings (SSSR count). The molecule has 0 fully saturated rings. The number of hydrogen-bond acceptors (Lipinski definition) is 5. The molecule has 2 aromatic heterocycles. The van der Waals surface area contributed by atoms with Crippen LogP contribution in [-0.2, 0) is 0 Å².